The lowest BCUT2D eigenvalue weighted by Crippen LogP contribution is -2.47. The molecule has 1 amide bonds. The zero-order valence-electron chi connectivity index (χ0n) is 11.2. The highest BCUT2D eigenvalue weighted by atomic mass is 16.5. The Morgan fingerprint density at radius 3 is 2.63 bits per heavy atom. The van der Waals surface area contributed by atoms with E-state index in [0.717, 1.165) is 25.7 Å². The number of hydrogen-bond donors (Lipinski definition) is 4. The first-order chi connectivity index (χ1) is 8.99. The van der Waals surface area contributed by atoms with E-state index in [1.807, 2.05) is 0 Å². The van der Waals surface area contributed by atoms with Crippen LogP contribution in [0.5, 0.6) is 0 Å². The summed E-state index contributed by atoms with van der Waals surface area (Å²) in [5, 5.41) is 31.4. The summed E-state index contributed by atoms with van der Waals surface area (Å²) in [6.07, 6.45) is -1.22. The van der Waals surface area contributed by atoms with Crippen molar-refractivity contribution >= 4 is 5.91 Å². The van der Waals surface area contributed by atoms with Crippen LogP contribution in [0.25, 0.3) is 0 Å². The summed E-state index contributed by atoms with van der Waals surface area (Å²) in [6.45, 7) is 5.97. The second-order valence-electron chi connectivity index (χ2n) is 4.78. The molecule has 0 aromatic rings. The molecule has 0 spiro atoms. The van der Waals surface area contributed by atoms with Crippen molar-refractivity contribution in [3.8, 4) is 0 Å². The third-order valence-corrected chi connectivity index (χ3v) is 3.19. The summed E-state index contributed by atoms with van der Waals surface area (Å²) in [6, 6.07) is 0. The van der Waals surface area contributed by atoms with Gasteiger partial charge < -0.3 is 25.4 Å². The predicted molar refractivity (Wildman–Crippen MR) is 69.2 cm³/mol. The number of ether oxygens (including phenoxy) is 1. The average molecular weight is 273 g/mol. The SMILES string of the molecule is C=C1O[C@H]([C@@H](O)C(=O)NCCCCCC)[C@H](O)[C@@H]1O. The van der Waals surface area contributed by atoms with Crippen LogP contribution >= 0.6 is 0 Å². The Morgan fingerprint density at radius 2 is 2.11 bits per heavy atom. The smallest absolute Gasteiger partial charge is 0.252 e. The average Bonchev–Trinajstić information content (AvgIpc) is 2.65. The molecule has 0 radical (unpaired) electrons. The van der Waals surface area contributed by atoms with Crippen molar-refractivity contribution in [2.24, 2.45) is 0 Å². The van der Waals surface area contributed by atoms with Gasteiger partial charge in [-0.25, -0.2) is 0 Å². The van der Waals surface area contributed by atoms with Gasteiger partial charge in [0.2, 0.25) is 0 Å². The lowest BCUT2D eigenvalue weighted by atomic mass is 10.1. The van der Waals surface area contributed by atoms with Gasteiger partial charge in [0.25, 0.3) is 5.91 Å². The standard InChI is InChI=1S/C13H23NO5/c1-3-4-5-6-7-14-13(18)11(17)12-10(16)9(15)8(2)19-12/h9-12,15-17H,2-7H2,1H3,(H,14,18)/t9-,10-,11-,12+/m1/s1. The van der Waals surface area contributed by atoms with Gasteiger partial charge in [-0.15, -0.1) is 0 Å². The number of carbonyl (C=O) groups is 1. The molecule has 6 nitrogen and oxygen atoms in total. The van der Waals surface area contributed by atoms with E-state index in [0.29, 0.717) is 6.54 Å². The molecule has 0 bridgehead atoms. The molecule has 110 valence electrons. The van der Waals surface area contributed by atoms with Gasteiger partial charge in [-0.05, 0) is 6.42 Å². The predicted octanol–water partition coefficient (Wildman–Crippen LogP) is -0.322. The van der Waals surface area contributed by atoms with E-state index in [1.54, 1.807) is 0 Å². The van der Waals surface area contributed by atoms with E-state index in [9.17, 15) is 20.1 Å². The van der Waals surface area contributed by atoms with Crippen LogP contribution in [-0.2, 0) is 9.53 Å². The number of hydrogen-bond acceptors (Lipinski definition) is 5. The molecule has 1 fully saturated rings. The normalized spacial score (nSPS) is 28.0. The minimum absolute atomic E-state index is 0.0349. The third-order valence-electron chi connectivity index (χ3n) is 3.19. The van der Waals surface area contributed by atoms with E-state index >= 15 is 0 Å². The van der Waals surface area contributed by atoms with Crippen LogP contribution < -0.4 is 5.32 Å². The third kappa shape index (κ3) is 4.19. The van der Waals surface area contributed by atoms with E-state index in [-0.39, 0.29) is 5.76 Å². The number of unbranched alkanes of at least 4 members (excludes halogenated alkanes) is 3. The fourth-order valence-electron chi connectivity index (χ4n) is 1.95. The first-order valence-corrected chi connectivity index (χ1v) is 6.66. The molecule has 1 saturated heterocycles. The lowest BCUT2D eigenvalue weighted by Gasteiger charge is -2.20. The number of carbonyl (C=O) groups excluding carboxylic acids is 1. The van der Waals surface area contributed by atoms with Gasteiger partial charge >= 0.3 is 0 Å². The van der Waals surface area contributed by atoms with Crippen molar-refractivity contribution in [1.82, 2.24) is 5.32 Å². The minimum atomic E-state index is -1.52. The zero-order chi connectivity index (χ0) is 14.4. The maximum atomic E-state index is 11.7. The van der Waals surface area contributed by atoms with Crippen molar-refractivity contribution < 1.29 is 24.9 Å². The summed E-state index contributed by atoms with van der Waals surface area (Å²) in [5.74, 6) is -0.644. The van der Waals surface area contributed by atoms with E-state index in [1.165, 1.54) is 0 Å². The number of nitrogens with one attached hydrogen (secondary N) is 1. The number of aliphatic hydroxyl groups excluding tert-OH is 3. The van der Waals surface area contributed by atoms with Crippen LogP contribution in [0.3, 0.4) is 0 Å². The Kier molecular flexibility index (Phi) is 6.27. The maximum Gasteiger partial charge on any atom is 0.252 e. The summed E-state index contributed by atoms with van der Waals surface area (Å²) in [5.41, 5.74) is 0. The Labute approximate surface area is 113 Å². The second-order valence-corrected chi connectivity index (χ2v) is 4.78. The van der Waals surface area contributed by atoms with Crippen LogP contribution in [0.4, 0.5) is 0 Å². The van der Waals surface area contributed by atoms with Crippen molar-refractivity contribution in [2.75, 3.05) is 6.54 Å². The molecule has 1 aliphatic heterocycles. The molecule has 6 heteroatoms. The fraction of sp³-hybridized carbons (Fsp3) is 0.769. The Morgan fingerprint density at radius 1 is 1.42 bits per heavy atom. The molecular formula is C13H23NO5. The monoisotopic (exact) mass is 273 g/mol. The molecule has 4 atom stereocenters. The Bertz CT molecular complexity index is 320. The van der Waals surface area contributed by atoms with Gasteiger partial charge in [0.15, 0.2) is 12.2 Å². The molecular weight excluding hydrogens is 250 g/mol. The van der Waals surface area contributed by atoms with Crippen molar-refractivity contribution in [3.05, 3.63) is 12.3 Å². The van der Waals surface area contributed by atoms with Gasteiger partial charge in [0.05, 0.1) is 0 Å². The topological polar surface area (TPSA) is 99.0 Å². The molecule has 1 rings (SSSR count). The van der Waals surface area contributed by atoms with Gasteiger partial charge in [-0.2, -0.15) is 0 Å². The van der Waals surface area contributed by atoms with Crippen molar-refractivity contribution in [1.29, 1.82) is 0 Å². The van der Waals surface area contributed by atoms with E-state index < -0.39 is 30.3 Å². The van der Waals surface area contributed by atoms with Gasteiger partial charge in [0, 0.05) is 6.54 Å². The first kappa shape index (κ1) is 15.9. The lowest BCUT2D eigenvalue weighted by molar-refractivity contribution is -0.138. The molecule has 1 aliphatic rings. The van der Waals surface area contributed by atoms with E-state index in [4.69, 9.17) is 4.74 Å². The van der Waals surface area contributed by atoms with Crippen molar-refractivity contribution in [3.63, 3.8) is 0 Å². The van der Waals surface area contributed by atoms with Crippen LogP contribution in [0, 0.1) is 0 Å². The number of rotatable bonds is 7. The summed E-state index contributed by atoms with van der Waals surface area (Å²) in [7, 11) is 0. The summed E-state index contributed by atoms with van der Waals surface area (Å²) >= 11 is 0. The van der Waals surface area contributed by atoms with E-state index in [2.05, 4.69) is 18.8 Å². The summed E-state index contributed by atoms with van der Waals surface area (Å²) < 4.78 is 5.01. The summed E-state index contributed by atoms with van der Waals surface area (Å²) in [4.78, 5) is 11.7. The molecule has 0 aromatic carbocycles. The number of amides is 1. The Balaban J connectivity index is 2.34. The number of aliphatic hydroxyl groups is 3. The fourth-order valence-corrected chi connectivity index (χ4v) is 1.95. The highest BCUT2D eigenvalue weighted by Crippen LogP contribution is 2.25. The van der Waals surface area contributed by atoms with Crippen LogP contribution in [0.2, 0.25) is 0 Å². The molecule has 0 aliphatic carbocycles. The second kappa shape index (κ2) is 7.47. The first-order valence-electron chi connectivity index (χ1n) is 6.66. The molecule has 0 saturated carbocycles. The van der Waals surface area contributed by atoms with Crippen LogP contribution in [-0.4, -0.2) is 52.2 Å². The highest BCUT2D eigenvalue weighted by Gasteiger charge is 2.45. The van der Waals surface area contributed by atoms with Gasteiger partial charge in [-0.3, -0.25) is 4.79 Å². The van der Waals surface area contributed by atoms with Crippen LogP contribution in [0.1, 0.15) is 32.6 Å². The molecule has 19 heavy (non-hydrogen) atoms. The molecule has 4 N–H and O–H groups in total. The molecule has 0 aromatic heterocycles. The van der Waals surface area contributed by atoms with Gasteiger partial charge in [0.1, 0.15) is 18.0 Å². The van der Waals surface area contributed by atoms with Crippen LogP contribution in [0.15, 0.2) is 12.3 Å². The highest BCUT2D eigenvalue weighted by molar-refractivity contribution is 5.81. The molecule has 0 unspecified atom stereocenters. The van der Waals surface area contributed by atoms with Gasteiger partial charge in [-0.1, -0.05) is 32.8 Å². The maximum absolute atomic E-state index is 11.7. The Hall–Kier alpha value is -1.11. The largest absolute Gasteiger partial charge is 0.486 e. The van der Waals surface area contributed by atoms with Crippen molar-refractivity contribution in [2.45, 2.75) is 57.0 Å². The molecule has 1 heterocycles. The quantitative estimate of drug-likeness (QED) is 0.476. The zero-order valence-corrected chi connectivity index (χ0v) is 11.2. The minimum Gasteiger partial charge on any atom is -0.486 e.